The zero-order valence-electron chi connectivity index (χ0n) is 18.6. The van der Waals surface area contributed by atoms with E-state index in [0.29, 0.717) is 0 Å². The van der Waals surface area contributed by atoms with Gasteiger partial charge in [0, 0.05) is 0 Å². The Balaban J connectivity index is 3.42. The molecular weight excluding hydrogens is 375 g/mol. The first kappa shape index (κ1) is 28.1. The summed E-state index contributed by atoms with van der Waals surface area (Å²) in [5.41, 5.74) is 0. The van der Waals surface area contributed by atoms with E-state index in [-0.39, 0.29) is 19.3 Å². The van der Waals surface area contributed by atoms with Gasteiger partial charge < -0.3 is 14.5 Å². The van der Waals surface area contributed by atoms with E-state index < -0.39 is 7.82 Å². The summed E-state index contributed by atoms with van der Waals surface area (Å²) in [5.74, 6) is 0. The molecule has 0 aliphatic rings. The van der Waals surface area contributed by atoms with Gasteiger partial charge >= 0.3 is 7.82 Å². The number of unbranched alkanes of at least 4 members (excludes halogenated alkanes) is 13. The highest BCUT2D eigenvalue weighted by Gasteiger charge is 2.14. The average Bonchev–Trinajstić information content (AvgIpc) is 2.64. The largest absolute Gasteiger partial charge is 0.469 e. The first-order chi connectivity index (χ1) is 13.5. The highest BCUT2D eigenvalue weighted by Crippen LogP contribution is 2.35. The van der Waals surface area contributed by atoms with E-state index in [1.165, 1.54) is 89.9 Å². The zero-order valence-corrected chi connectivity index (χ0v) is 19.5. The molecule has 0 radical (unpaired) electrons. The van der Waals surface area contributed by atoms with Gasteiger partial charge in [-0.05, 0) is 12.8 Å². The summed E-state index contributed by atoms with van der Waals surface area (Å²) in [6.07, 6.45) is 22.3. The van der Waals surface area contributed by atoms with Crippen LogP contribution < -0.4 is 0 Å². The lowest BCUT2D eigenvalue weighted by molar-refractivity contribution is 0.0169. The molecule has 0 bridgehead atoms. The van der Waals surface area contributed by atoms with Crippen LogP contribution in [0.2, 0.25) is 0 Å². The fraction of sp³-hybridized carbons (Fsp3) is 1.00. The molecule has 0 rings (SSSR count). The number of ether oxygens (including phenoxy) is 1. The van der Waals surface area contributed by atoms with Crippen molar-refractivity contribution in [1.82, 2.24) is 0 Å². The number of hydrogen-bond donors (Lipinski definition) is 2. The zero-order chi connectivity index (χ0) is 20.9. The lowest BCUT2D eigenvalue weighted by Gasteiger charge is -2.17. The fourth-order valence-electron chi connectivity index (χ4n) is 3.57. The Morgan fingerprint density at radius 3 is 1.54 bits per heavy atom. The predicted octanol–water partition coefficient (Wildman–Crippen LogP) is 7.15. The molecule has 0 aromatic carbocycles. The fourth-order valence-corrected chi connectivity index (χ4v) is 3.88. The number of phosphoric acid groups is 1. The van der Waals surface area contributed by atoms with Crippen molar-refractivity contribution in [2.45, 2.75) is 129 Å². The summed E-state index contributed by atoms with van der Waals surface area (Å²) in [6, 6.07) is 0. The maximum absolute atomic E-state index is 10.6. The molecule has 0 fully saturated rings. The molecule has 0 amide bonds. The molecule has 0 aromatic rings. The number of hydrogen-bond acceptors (Lipinski definition) is 3. The van der Waals surface area contributed by atoms with Crippen LogP contribution in [0.5, 0.6) is 0 Å². The van der Waals surface area contributed by atoms with Crippen molar-refractivity contribution in [3.63, 3.8) is 0 Å². The Morgan fingerprint density at radius 2 is 1.11 bits per heavy atom. The van der Waals surface area contributed by atoms with Crippen molar-refractivity contribution < 1.29 is 23.6 Å². The van der Waals surface area contributed by atoms with Crippen LogP contribution in [0.25, 0.3) is 0 Å². The van der Waals surface area contributed by atoms with Gasteiger partial charge in [0.1, 0.15) is 0 Å². The Labute approximate surface area is 174 Å². The van der Waals surface area contributed by atoms with Gasteiger partial charge in [-0.3, -0.25) is 4.52 Å². The average molecular weight is 423 g/mol. The van der Waals surface area contributed by atoms with Crippen molar-refractivity contribution in [2.75, 3.05) is 13.2 Å². The summed E-state index contributed by atoms with van der Waals surface area (Å²) >= 11 is 0. The first-order valence-corrected chi connectivity index (χ1v) is 13.3. The molecule has 28 heavy (non-hydrogen) atoms. The van der Waals surface area contributed by atoms with E-state index in [1.807, 2.05) is 0 Å². The number of phosphoric ester groups is 1. The minimum atomic E-state index is -4.37. The van der Waals surface area contributed by atoms with Gasteiger partial charge in [-0.1, -0.05) is 110 Å². The number of rotatable bonds is 22. The highest BCUT2D eigenvalue weighted by molar-refractivity contribution is 7.46. The van der Waals surface area contributed by atoms with Crippen molar-refractivity contribution in [3.8, 4) is 0 Å². The third-order valence-corrected chi connectivity index (χ3v) is 5.71. The normalized spacial score (nSPS) is 13.1. The third kappa shape index (κ3) is 22.4. The molecule has 0 aliphatic heterocycles. The molecule has 0 heterocycles. The maximum atomic E-state index is 10.6. The van der Waals surface area contributed by atoms with Crippen LogP contribution in [0, 0.1) is 0 Å². The second-order valence-corrected chi connectivity index (χ2v) is 9.23. The first-order valence-electron chi connectivity index (χ1n) is 11.8. The molecule has 0 spiro atoms. The van der Waals surface area contributed by atoms with E-state index in [1.54, 1.807) is 0 Å². The predicted molar refractivity (Wildman–Crippen MR) is 118 cm³/mol. The highest BCUT2D eigenvalue weighted by atomic mass is 31.2. The Hall–Kier alpha value is 0.0700. The quantitative estimate of drug-likeness (QED) is 0.143. The topological polar surface area (TPSA) is 76.0 Å². The van der Waals surface area contributed by atoms with Crippen LogP contribution in [-0.4, -0.2) is 29.1 Å². The third-order valence-electron chi connectivity index (χ3n) is 5.19. The van der Waals surface area contributed by atoms with Crippen molar-refractivity contribution in [3.05, 3.63) is 0 Å². The summed E-state index contributed by atoms with van der Waals surface area (Å²) in [5, 5.41) is 0. The summed E-state index contributed by atoms with van der Waals surface area (Å²) in [6.45, 7) is 4.59. The molecule has 0 aromatic heterocycles. The van der Waals surface area contributed by atoms with E-state index in [2.05, 4.69) is 18.4 Å². The smallest absolute Gasteiger partial charge is 0.376 e. The molecule has 0 saturated carbocycles. The standard InChI is InChI=1S/C22H47O5P/c1-3-5-6-7-8-9-10-11-12-13-14-15-16-17-19-22(18-4-2)26-20-21-27-28(23,24)25/h22H,3-21H2,1-2H3,(H2,23,24,25). The monoisotopic (exact) mass is 422 g/mol. The molecule has 2 N–H and O–H groups in total. The van der Waals surface area contributed by atoms with Crippen LogP contribution in [-0.2, 0) is 13.8 Å². The van der Waals surface area contributed by atoms with Crippen molar-refractivity contribution >= 4 is 7.82 Å². The minimum Gasteiger partial charge on any atom is -0.376 e. The van der Waals surface area contributed by atoms with Gasteiger partial charge in [-0.2, -0.15) is 0 Å². The van der Waals surface area contributed by atoms with E-state index in [0.717, 1.165) is 19.3 Å². The van der Waals surface area contributed by atoms with E-state index in [4.69, 9.17) is 14.5 Å². The molecule has 170 valence electrons. The van der Waals surface area contributed by atoms with Gasteiger partial charge in [0.2, 0.25) is 0 Å². The summed E-state index contributed by atoms with van der Waals surface area (Å²) in [7, 11) is -4.37. The van der Waals surface area contributed by atoms with Gasteiger partial charge in [-0.25, -0.2) is 4.57 Å². The van der Waals surface area contributed by atoms with Crippen LogP contribution in [0.15, 0.2) is 0 Å². The van der Waals surface area contributed by atoms with Gasteiger partial charge in [0.05, 0.1) is 19.3 Å². The SMILES string of the molecule is CCCCCCCCCCCCCCCCC(CCC)OCCOP(=O)(O)O. The van der Waals surface area contributed by atoms with Crippen LogP contribution in [0.1, 0.15) is 123 Å². The molecule has 0 saturated heterocycles. The Bertz CT molecular complexity index is 359. The lowest BCUT2D eigenvalue weighted by Crippen LogP contribution is -2.16. The van der Waals surface area contributed by atoms with Crippen molar-refractivity contribution in [1.29, 1.82) is 0 Å². The van der Waals surface area contributed by atoms with Crippen LogP contribution >= 0.6 is 7.82 Å². The molecule has 0 aliphatic carbocycles. The molecule has 1 atom stereocenters. The summed E-state index contributed by atoms with van der Waals surface area (Å²) < 4.78 is 20.8. The Kier molecular flexibility index (Phi) is 20.4. The van der Waals surface area contributed by atoms with Crippen molar-refractivity contribution in [2.24, 2.45) is 0 Å². The molecular formula is C22H47O5P. The molecule has 6 heteroatoms. The van der Waals surface area contributed by atoms with E-state index in [9.17, 15) is 4.57 Å². The van der Waals surface area contributed by atoms with E-state index >= 15 is 0 Å². The molecule has 1 unspecified atom stereocenters. The van der Waals surface area contributed by atoms with Gasteiger partial charge in [-0.15, -0.1) is 0 Å². The Morgan fingerprint density at radius 1 is 0.643 bits per heavy atom. The van der Waals surface area contributed by atoms with Gasteiger partial charge in [0.15, 0.2) is 0 Å². The molecule has 5 nitrogen and oxygen atoms in total. The minimum absolute atomic E-state index is 0.0523. The summed E-state index contributed by atoms with van der Waals surface area (Å²) in [4.78, 5) is 17.3. The second kappa shape index (κ2) is 20.3. The van der Waals surface area contributed by atoms with Gasteiger partial charge in [0.25, 0.3) is 0 Å². The van der Waals surface area contributed by atoms with Crippen LogP contribution in [0.4, 0.5) is 0 Å². The second-order valence-electron chi connectivity index (χ2n) is 7.99. The van der Waals surface area contributed by atoms with Crippen LogP contribution in [0.3, 0.4) is 0 Å². The lowest BCUT2D eigenvalue weighted by atomic mass is 10.0. The maximum Gasteiger partial charge on any atom is 0.469 e.